The molecule has 190 valence electrons. The van der Waals surface area contributed by atoms with Crippen LogP contribution in [0.25, 0.3) is 17.0 Å². The van der Waals surface area contributed by atoms with Crippen LogP contribution in [-0.4, -0.2) is 32.3 Å². The molecule has 10 heteroatoms. The molecule has 0 saturated heterocycles. The number of carbonyl (C=O) groups is 2. The zero-order valence-electron chi connectivity index (χ0n) is 20.0. The Bertz CT molecular complexity index is 1730. The van der Waals surface area contributed by atoms with E-state index >= 15 is 0 Å². The summed E-state index contributed by atoms with van der Waals surface area (Å²) in [4.78, 5) is 44.4. The highest BCUT2D eigenvalue weighted by Crippen LogP contribution is 2.25. The number of benzene rings is 3. The maximum absolute atomic E-state index is 14.2. The number of carbonyl (C=O) groups excluding carboxylic acids is 2. The number of aromatic nitrogens is 1. The van der Waals surface area contributed by atoms with Gasteiger partial charge in [-0.1, -0.05) is 60.1 Å². The van der Waals surface area contributed by atoms with Gasteiger partial charge in [0.2, 0.25) is 5.43 Å². The number of nitrogens with zero attached hydrogens (tertiary/aromatic N) is 3. The van der Waals surface area contributed by atoms with Crippen LogP contribution in [0.4, 0.5) is 4.39 Å². The summed E-state index contributed by atoms with van der Waals surface area (Å²) in [6.07, 6.45) is 2.74. The molecule has 2 heterocycles. The molecule has 2 N–H and O–H groups in total. The van der Waals surface area contributed by atoms with Crippen molar-refractivity contribution < 1.29 is 19.1 Å². The second kappa shape index (κ2) is 9.95. The number of pyridine rings is 1. The lowest BCUT2D eigenvalue weighted by molar-refractivity contribution is -0.124. The second-order valence-electron chi connectivity index (χ2n) is 8.41. The number of aliphatic imine (C=N–C) groups is 1. The van der Waals surface area contributed by atoms with Gasteiger partial charge in [0, 0.05) is 29.3 Å². The van der Waals surface area contributed by atoms with Gasteiger partial charge in [-0.3, -0.25) is 19.8 Å². The van der Waals surface area contributed by atoms with E-state index in [1.54, 1.807) is 60.0 Å². The SMILES string of the molecule is CCn1cc(C(=O)NN2C(=O)/C(=C/c3ccccc3O)N=C2c2ccccc2)c(=O)c2cc(F)c(Cl)cc21. The predicted octanol–water partition coefficient (Wildman–Crippen LogP) is 4.49. The van der Waals surface area contributed by atoms with Gasteiger partial charge in [-0.05, 0) is 31.2 Å². The maximum atomic E-state index is 14.2. The highest BCUT2D eigenvalue weighted by Gasteiger charge is 2.33. The highest BCUT2D eigenvalue weighted by atomic mass is 35.5. The van der Waals surface area contributed by atoms with E-state index in [1.807, 2.05) is 0 Å². The molecule has 1 aromatic heterocycles. The van der Waals surface area contributed by atoms with E-state index in [0.29, 0.717) is 23.2 Å². The van der Waals surface area contributed by atoms with Crippen molar-refractivity contribution in [2.75, 3.05) is 0 Å². The Morgan fingerprint density at radius 2 is 1.82 bits per heavy atom. The molecule has 2 amide bonds. The molecule has 3 aromatic carbocycles. The number of halogens is 2. The standard InChI is InChI=1S/C28H20ClFN4O4/c1-2-33-15-19(25(36)18-13-21(30)20(29)14-23(18)33)27(37)32-34-26(16-8-4-3-5-9-16)31-22(28(34)38)12-17-10-6-7-11-24(17)35/h3-15,35H,2H2,1H3,(H,32,37)/b22-12-. The molecule has 5 rings (SSSR count). The predicted molar refractivity (Wildman–Crippen MR) is 142 cm³/mol. The maximum Gasteiger partial charge on any atom is 0.297 e. The number of amides is 2. The van der Waals surface area contributed by atoms with Gasteiger partial charge in [0.15, 0.2) is 5.84 Å². The van der Waals surface area contributed by atoms with Gasteiger partial charge >= 0.3 is 0 Å². The van der Waals surface area contributed by atoms with Crippen LogP contribution < -0.4 is 10.9 Å². The number of phenolic OH excluding ortho intramolecular Hbond substituents is 1. The van der Waals surface area contributed by atoms with Crippen molar-refractivity contribution in [2.24, 2.45) is 4.99 Å². The Morgan fingerprint density at radius 1 is 1.11 bits per heavy atom. The topological polar surface area (TPSA) is 104 Å². The molecule has 0 aliphatic carbocycles. The molecule has 0 fully saturated rings. The first-order chi connectivity index (χ1) is 18.3. The molecule has 0 saturated carbocycles. The fraction of sp³-hybridized carbons (Fsp3) is 0.0714. The van der Waals surface area contributed by atoms with Gasteiger partial charge in [-0.25, -0.2) is 9.38 Å². The minimum atomic E-state index is -0.879. The van der Waals surface area contributed by atoms with Crippen molar-refractivity contribution in [3.63, 3.8) is 0 Å². The molecule has 1 aliphatic heterocycles. The summed E-state index contributed by atoms with van der Waals surface area (Å²) in [5, 5.41) is 10.9. The Labute approximate surface area is 220 Å². The van der Waals surface area contributed by atoms with E-state index in [4.69, 9.17) is 11.6 Å². The van der Waals surface area contributed by atoms with Crippen molar-refractivity contribution in [3.05, 3.63) is 116 Å². The van der Waals surface area contributed by atoms with Crippen LogP contribution in [-0.2, 0) is 11.3 Å². The van der Waals surface area contributed by atoms with Gasteiger partial charge in [0.25, 0.3) is 11.8 Å². The van der Waals surface area contributed by atoms with E-state index in [9.17, 15) is 23.9 Å². The first-order valence-corrected chi connectivity index (χ1v) is 12.0. The summed E-state index contributed by atoms with van der Waals surface area (Å²) in [5.74, 6) is -2.26. The van der Waals surface area contributed by atoms with Crippen LogP contribution in [0.15, 0.2) is 88.4 Å². The fourth-order valence-electron chi connectivity index (χ4n) is 4.13. The Kier molecular flexibility index (Phi) is 6.52. The van der Waals surface area contributed by atoms with E-state index in [2.05, 4.69) is 10.4 Å². The summed E-state index contributed by atoms with van der Waals surface area (Å²) in [5.41, 5.74) is 2.71. The lowest BCUT2D eigenvalue weighted by Gasteiger charge is -2.20. The normalized spacial score (nSPS) is 14.3. The van der Waals surface area contributed by atoms with Crippen LogP contribution in [0.2, 0.25) is 5.02 Å². The lowest BCUT2D eigenvalue weighted by Crippen LogP contribution is -2.48. The quantitative estimate of drug-likeness (QED) is 0.371. The number of hydrogen-bond donors (Lipinski definition) is 2. The van der Waals surface area contributed by atoms with E-state index in [0.717, 1.165) is 11.1 Å². The van der Waals surface area contributed by atoms with Crippen molar-refractivity contribution in [3.8, 4) is 5.75 Å². The summed E-state index contributed by atoms with van der Waals surface area (Å²) in [7, 11) is 0. The summed E-state index contributed by atoms with van der Waals surface area (Å²) >= 11 is 5.91. The Hall–Kier alpha value is -4.76. The number of rotatable bonds is 5. The van der Waals surface area contributed by atoms with Gasteiger partial charge in [-0.15, -0.1) is 0 Å². The van der Waals surface area contributed by atoms with Crippen LogP contribution in [0.3, 0.4) is 0 Å². The van der Waals surface area contributed by atoms with Crippen LogP contribution in [0.1, 0.15) is 28.4 Å². The molecular formula is C28H20ClFN4O4. The first-order valence-electron chi connectivity index (χ1n) is 11.6. The average molecular weight is 531 g/mol. The zero-order chi connectivity index (χ0) is 27.0. The highest BCUT2D eigenvalue weighted by molar-refractivity contribution is 6.31. The average Bonchev–Trinajstić information content (AvgIpc) is 3.22. The fourth-order valence-corrected chi connectivity index (χ4v) is 4.29. The molecule has 0 unspecified atom stereocenters. The number of amidine groups is 1. The third-order valence-corrected chi connectivity index (χ3v) is 6.33. The molecule has 0 radical (unpaired) electrons. The first kappa shape index (κ1) is 24.9. The van der Waals surface area contributed by atoms with Crippen molar-refractivity contribution in [1.82, 2.24) is 15.0 Å². The number of hydrazine groups is 1. The third kappa shape index (κ3) is 4.44. The van der Waals surface area contributed by atoms with Crippen LogP contribution >= 0.6 is 11.6 Å². The summed E-state index contributed by atoms with van der Waals surface area (Å²) in [6, 6.07) is 17.5. The number of hydrogen-bond acceptors (Lipinski definition) is 5. The number of aryl methyl sites for hydroxylation is 1. The van der Waals surface area contributed by atoms with E-state index < -0.39 is 23.1 Å². The largest absolute Gasteiger partial charge is 0.507 e. The van der Waals surface area contributed by atoms with Crippen molar-refractivity contribution in [2.45, 2.75) is 13.5 Å². The Morgan fingerprint density at radius 3 is 2.53 bits per heavy atom. The Balaban J connectivity index is 1.57. The molecule has 8 nitrogen and oxygen atoms in total. The number of fused-ring (bicyclic) bond motifs is 1. The van der Waals surface area contributed by atoms with Crippen molar-refractivity contribution >= 4 is 46.2 Å². The smallest absolute Gasteiger partial charge is 0.297 e. The molecule has 0 bridgehead atoms. The van der Waals surface area contributed by atoms with Gasteiger partial charge in [0.1, 0.15) is 22.8 Å². The monoisotopic (exact) mass is 530 g/mol. The zero-order valence-corrected chi connectivity index (χ0v) is 20.7. The summed E-state index contributed by atoms with van der Waals surface area (Å²) in [6.45, 7) is 2.16. The van der Waals surface area contributed by atoms with Crippen LogP contribution in [0.5, 0.6) is 5.75 Å². The molecule has 0 spiro atoms. The molecule has 38 heavy (non-hydrogen) atoms. The van der Waals surface area contributed by atoms with Crippen LogP contribution in [0, 0.1) is 5.82 Å². The third-order valence-electron chi connectivity index (χ3n) is 6.04. The number of para-hydroxylation sites is 1. The molecule has 4 aromatic rings. The van der Waals surface area contributed by atoms with Crippen molar-refractivity contribution in [1.29, 1.82) is 0 Å². The molecule has 1 aliphatic rings. The van der Waals surface area contributed by atoms with Gasteiger partial charge < -0.3 is 9.67 Å². The molecule has 0 atom stereocenters. The van der Waals surface area contributed by atoms with Gasteiger partial charge in [0.05, 0.1) is 10.5 Å². The van der Waals surface area contributed by atoms with Gasteiger partial charge in [-0.2, -0.15) is 5.01 Å². The number of phenols is 1. The van der Waals surface area contributed by atoms with E-state index in [1.165, 1.54) is 24.4 Å². The lowest BCUT2D eigenvalue weighted by atomic mass is 10.1. The van der Waals surface area contributed by atoms with E-state index in [-0.39, 0.29) is 33.3 Å². The minimum Gasteiger partial charge on any atom is -0.507 e. The summed E-state index contributed by atoms with van der Waals surface area (Å²) < 4.78 is 15.8. The number of aromatic hydroxyl groups is 1. The number of nitrogens with one attached hydrogen (secondary N) is 1. The molecular weight excluding hydrogens is 511 g/mol. The minimum absolute atomic E-state index is 0.0220. The second-order valence-corrected chi connectivity index (χ2v) is 8.82.